The molecule has 27 heavy (non-hydrogen) atoms. The SMILES string of the molecule is O=C(NCC1CCN(C(=O)O)CC1)c1ccnc(NCc2ccccc2)c1. The minimum absolute atomic E-state index is 0.138. The van der Waals surface area contributed by atoms with Gasteiger partial charge in [-0.3, -0.25) is 4.79 Å². The second kappa shape index (κ2) is 9.02. The van der Waals surface area contributed by atoms with E-state index in [0.29, 0.717) is 43.5 Å². The highest BCUT2D eigenvalue weighted by atomic mass is 16.4. The van der Waals surface area contributed by atoms with Crippen LogP contribution in [0.2, 0.25) is 0 Å². The zero-order valence-electron chi connectivity index (χ0n) is 15.1. The monoisotopic (exact) mass is 368 g/mol. The molecule has 0 unspecified atom stereocenters. The summed E-state index contributed by atoms with van der Waals surface area (Å²) in [6.07, 6.45) is 2.29. The van der Waals surface area contributed by atoms with Crippen molar-refractivity contribution in [1.82, 2.24) is 15.2 Å². The van der Waals surface area contributed by atoms with Gasteiger partial charge in [0.15, 0.2) is 0 Å². The van der Waals surface area contributed by atoms with Gasteiger partial charge >= 0.3 is 6.09 Å². The van der Waals surface area contributed by atoms with Crippen LogP contribution in [0.4, 0.5) is 10.6 Å². The van der Waals surface area contributed by atoms with Gasteiger partial charge in [-0.15, -0.1) is 0 Å². The van der Waals surface area contributed by atoms with E-state index in [4.69, 9.17) is 5.11 Å². The summed E-state index contributed by atoms with van der Waals surface area (Å²) in [4.78, 5) is 29.0. The van der Waals surface area contributed by atoms with E-state index in [1.54, 1.807) is 18.3 Å². The Labute approximate surface area is 158 Å². The van der Waals surface area contributed by atoms with Crippen molar-refractivity contribution < 1.29 is 14.7 Å². The summed E-state index contributed by atoms with van der Waals surface area (Å²) in [5.41, 5.74) is 1.70. The van der Waals surface area contributed by atoms with Gasteiger partial charge in [-0.2, -0.15) is 0 Å². The molecule has 7 heteroatoms. The zero-order chi connectivity index (χ0) is 19.1. The van der Waals surface area contributed by atoms with Gasteiger partial charge in [0.25, 0.3) is 5.91 Å². The van der Waals surface area contributed by atoms with Crippen LogP contribution in [0.15, 0.2) is 48.7 Å². The summed E-state index contributed by atoms with van der Waals surface area (Å²) in [5.74, 6) is 0.823. The molecule has 2 aromatic rings. The molecular formula is C20H24N4O3. The highest BCUT2D eigenvalue weighted by Crippen LogP contribution is 2.16. The molecular weight excluding hydrogens is 344 g/mol. The highest BCUT2D eigenvalue weighted by molar-refractivity contribution is 5.94. The number of carbonyl (C=O) groups is 2. The van der Waals surface area contributed by atoms with Gasteiger partial charge in [-0.25, -0.2) is 9.78 Å². The Morgan fingerprint density at radius 2 is 1.89 bits per heavy atom. The lowest BCUT2D eigenvalue weighted by Crippen LogP contribution is -2.40. The molecule has 1 aromatic heterocycles. The van der Waals surface area contributed by atoms with E-state index in [0.717, 1.165) is 18.4 Å². The van der Waals surface area contributed by atoms with Crippen LogP contribution >= 0.6 is 0 Å². The number of likely N-dealkylation sites (tertiary alicyclic amines) is 1. The fraction of sp³-hybridized carbons (Fsp3) is 0.350. The minimum Gasteiger partial charge on any atom is -0.465 e. The van der Waals surface area contributed by atoms with Crippen molar-refractivity contribution in [2.75, 3.05) is 25.0 Å². The second-order valence-electron chi connectivity index (χ2n) is 6.69. The maximum absolute atomic E-state index is 12.4. The number of anilines is 1. The predicted octanol–water partition coefficient (Wildman–Crippen LogP) is 2.81. The van der Waals surface area contributed by atoms with Crippen LogP contribution in [0, 0.1) is 5.92 Å². The number of amides is 2. The molecule has 0 saturated carbocycles. The van der Waals surface area contributed by atoms with Crippen LogP contribution < -0.4 is 10.6 Å². The Morgan fingerprint density at radius 3 is 2.59 bits per heavy atom. The van der Waals surface area contributed by atoms with Crippen LogP contribution in [0.5, 0.6) is 0 Å². The number of aromatic nitrogens is 1. The van der Waals surface area contributed by atoms with Crippen LogP contribution in [-0.4, -0.2) is 46.6 Å². The Morgan fingerprint density at radius 1 is 1.15 bits per heavy atom. The van der Waals surface area contributed by atoms with E-state index in [9.17, 15) is 9.59 Å². The number of hydrogen-bond donors (Lipinski definition) is 3. The molecule has 2 heterocycles. The number of piperidine rings is 1. The van der Waals surface area contributed by atoms with Crippen molar-refractivity contribution in [3.63, 3.8) is 0 Å². The van der Waals surface area contributed by atoms with Gasteiger partial charge in [0.05, 0.1) is 0 Å². The van der Waals surface area contributed by atoms with E-state index in [-0.39, 0.29) is 5.91 Å². The molecule has 0 bridgehead atoms. The average Bonchev–Trinajstić information content (AvgIpc) is 2.72. The standard InChI is InChI=1S/C20H24N4O3/c25-19(23-14-16-7-10-24(11-8-16)20(26)27)17-6-9-21-18(12-17)22-13-15-4-2-1-3-5-15/h1-6,9,12,16H,7-8,10-11,13-14H2,(H,21,22)(H,23,25)(H,26,27). The van der Waals surface area contributed by atoms with E-state index in [1.165, 1.54) is 4.90 Å². The van der Waals surface area contributed by atoms with Crippen molar-refractivity contribution in [1.29, 1.82) is 0 Å². The molecule has 2 amide bonds. The van der Waals surface area contributed by atoms with Crippen molar-refractivity contribution in [3.05, 3.63) is 59.8 Å². The van der Waals surface area contributed by atoms with Crippen molar-refractivity contribution >= 4 is 17.8 Å². The summed E-state index contributed by atoms with van der Waals surface area (Å²) in [6, 6.07) is 13.4. The fourth-order valence-electron chi connectivity index (χ4n) is 3.12. The van der Waals surface area contributed by atoms with Crippen molar-refractivity contribution in [2.24, 2.45) is 5.92 Å². The molecule has 1 aliphatic rings. The summed E-state index contributed by atoms with van der Waals surface area (Å²) >= 11 is 0. The number of carboxylic acid groups (broad SMARTS) is 1. The van der Waals surface area contributed by atoms with E-state index in [2.05, 4.69) is 15.6 Å². The van der Waals surface area contributed by atoms with Gasteiger partial charge in [-0.1, -0.05) is 30.3 Å². The first-order valence-electron chi connectivity index (χ1n) is 9.12. The number of nitrogens with one attached hydrogen (secondary N) is 2. The number of hydrogen-bond acceptors (Lipinski definition) is 4. The van der Waals surface area contributed by atoms with Gasteiger partial charge in [0, 0.05) is 37.9 Å². The topological polar surface area (TPSA) is 94.6 Å². The number of pyridine rings is 1. The number of nitrogens with zero attached hydrogens (tertiary/aromatic N) is 2. The molecule has 1 aromatic carbocycles. The largest absolute Gasteiger partial charge is 0.465 e. The first-order chi connectivity index (χ1) is 13.1. The molecule has 0 atom stereocenters. The quantitative estimate of drug-likeness (QED) is 0.729. The highest BCUT2D eigenvalue weighted by Gasteiger charge is 2.22. The third-order valence-electron chi connectivity index (χ3n) is 4.77. The lowest BCUT2D eigenvalue weighted by atomic mass is 9.97. The van der Waals surface area contributed by atoms with Crippen LogP contribution in [-0.2, 0) is 6.54 Å². The van der Waals surface area contributed by atoms with Crippen molar-refractivity contribution in [2.45, 2.75) is 19.4 Å². The Bertz CT molecular complexity index is 774. The Balaban J connectivity index is 1.48. The smallest absolute Gasteiger partial charge is 0.407 e. The predicted molar refractivity (Wildman–Crippen MR) is 103 cm³/mol. The molecule has 0 aliphatic carbocycles. The first-order valence-corrected chi connectivity index (χ1v) is 9.12. The third kappa shape index (κ3) is 5.44. The maximum Gasteiger partial charge on any atom is 0.407 e. The van der Waals surface area contributed by atoms with Gasteiger partial charge in [0.2, 0.25) is 0 Å². The normalized spacial score (nSPS) is 14.6. The van der Waals surface area contributed by atoms with Gasteiger partial charge in [-0.05, 0) is 36.5 Å². The molecule has 3 rings (SSSR count). The molecule has 0 radical (unpaired) electrons. The Hall–Kier alpha value is -3.09. The lowest BCUT2D eigenvalue weighted by molar-refractivity contribution is 0.0928. The summed E-state index contributed by atoms with van der Waals surface area (Å²) in [5, 5.41) is 15.2. The number of carbonyl (C=O) groups excluding carboxylic acids is 1. The maximum atomic E-state index is 12.4. The lowest BCUT2D eigenvalue weighted by Gasteiger charge is -2.29. The number of rotatable bonds is 6. The molecule has 142 valence electrons. The van der Waals surface area contributed by atoms with Crippen molar-refractivity contribution in [3.8, 4) is 0 Å². The van der Waals surface area contributed by atoms with Gasteiger partial charge < -0.3 is 20.6 Å². The third-order valence-corrected chi connectivity index (χ3v) is 4.77. The minimum atomic E-state index is -0.871. The molecule has 1 aliphatic heterocycles. The first kappa shape index (κ1) is 18.7. The summed E-state index contributed by atoms with van der Waals surface area (Å²) < 4.78 is 0. The average molecular weight is 368 g/mol. The zero-order valence-corrected chi connectivity index (χ0v) is 15.1. The van der Waals surface area contributed by atoms with E-state index < -0.39 is 6.09 Å². The second-order valence-corrected chi connectivity index (χ2v) is 6.69. The molecule has 1 fully saturated rings. The molecule has 7 nitrogen and oxygen atoms in total. The van der Waals surface area contributed by atoms with Crippen LogP contribution in [0.1, 0.15) is 28.8 Å². The van der Waals surface area contributed by atoms with Crippen LogP contribution in [0.3, 0.4) is 0 Å². The summed E-state index contributed by atoms with van der Waals surface area (Å²) in [6.45, 7) is 2.25. The number of benzene rings is 1. The fourth-order valence-corrected chi connectivity index (χ4v) is 3.12. The van der Waals surface area contributed by atoms with Crippen LogP contribution in [0.25, 0.3) is 0 Å². The van der Waals surface area contributed by atoms with Gasteiger partial charge in [0.1, 0.15) is 5.82 Å². The Kier molecular flexibility index (Phi) is 6.25. The summed E-state index contributed by atoms with van der Waals surface area (Å²) in [7, 11) is 0. The van der Waals surface area contributed by atoms with E-state index >= 15 is 0 Å². The van der Waals surface area contributed by atoms with E-state index in [1.807, 2.05) is 30.3 Å². The molecule has 3 N–H and O–H groups in total. The molecule has 0 spiro atoms. The molecule has 1 saturated heterocycles.